The highest BCUT2D eigenvalue weighted by Crippen LogP contribution is 2.31. The van der Waals surface area contributed by atoms with Crippen LogP contribution in [0.3, 0.4) is 0 Å². The first-order valence-corrected chi connectivity index (χ1v) is 7.57. The molecule has 3 N–H and O–H groups in total. The first-order chi connectivity index (χ1) is 12.4. The van der Waals surface area contributed by atoms with E-state index in [0.29, 0.717) is 0 Å². The average molecular weight is 365 g/mol. The van der Waals surface area contributed by atoms with Crippen LogP contribution in [0.2, 0.25) is 0 Å². The van der Waals surface area contributed by atoms with Gasteiger partial charge in [0.15, 0.2) is 12.3 Å². The van der Waals surface area contributed by atoms with E-state index in [0.717, 1.165) is 16.8 Å². The van der Waals surface area contributed by atoms with E-state index in [-0.39, 0.29) is 11.4 Å². The number of aromatic amines is 1. The van der Waals surface area contributed by atoms with Gasteiger partial charge in [0.2, 0.25) is 0 Å². The molecular formula is C15H15N3O8. The molecule has 1 aromatic heterocycles. The number of aliphatic hydroxyl groups excluding tert-OH is 2. The second-order valence-corrected chi connectivity index (χ2v) is 5.59. The van der Waals surface area contributed by atoms with E-state index in [2.05, 4.69) is 0 Å². The Morgan fingerprint density at radius 3 is 2.54 bits per heavy atom. The molecule has 1 fully saturated rings. The molecule has 0 amide bonds. The van der Waals surface area contributed by atoms with E-state index in [4.69, 9.17) is 9.47 Å². The summed E-state index contributed by atoms with van der Waals surface area (Å²) in [6, 6.07) is 6.25. The Hall–Kier alpha value is -3.02. The van der Waals surface area contributed by atoms with Gasteiger partial charge in [0.1, 0.15) is 18.0 Å². The highest BCUT2D eigenvalue weighted by molar-refractivity contribution is 5.36. The van der Waals surface area contributed by atoms with Gasteiger partial charge in [0.25, 0.3) is 11.2 Å². The zero-order valence-corrected chi connectivity index (χ0v) is 13.2. The normalized spacial score (nSPS) is 25.2. The summed E-state index contributed by atoms with van der Waals surface area (Å²) in [6.45, 7) is -0.497. The SMILES string of the molecule is O=c1ccn([C@@H]2O[C@H](CO)[C@@H](Oc3ccc([N+](=O)[O-])cc3)[C@H]2O)c(=O)[nH]1. The maximum atomic E-state index is 11.9. The van der Waals surface area contributed by atoms with Crippen molar-refractivity contribution in [3.63, 3.8) is 0 Å². The van der Waals surface area contributed by atoms with Gasteiger partial charge in [-0.3, -0.25) is 24.5 Å². The van der Waals surface area contributed by atoms with Crippen LogP contribution in [-0.4, -0.2) is 49.6 Å². The molecule has 0 aliphatic carbocycles. The van der Waals surface area contributed by atoms with E-state index in [1.54, 1.807) is 0 Å². The van der Waals surface area contributed by atoms with Crippen molar-refractivity contribution in [3.05, 3.63) is 67.5 Å². The van der Waals surface area contributed by atoms with Crippen LogP contribution in [0.5, 0.6) is 5.75 Å². The van der Waals surface area contributed by atoms with Gasteiger partial charge in [-0.05, 0) is 12.1 Å². The summed E-state index contributed by atoms with van der Waals surface area (Å²) in [5.74, 6) is 0.219. The van der Waals surface area contributed by atoms with Gasteiger partial charge in [-0.1, -0.05) is 0 Å². The Morgan fingerprint density at radius 2 is 1.96 bits per heavy atom. The molecule has 4 atom stereocenters. The molecule has 1 aliphatic rings. The maximum absolute atomic E-state index is 11.9. The zero-order valence-electron chi connectivity index (χ0n) is 13.2. The van der Waals surface area contributed by atoms with Crippen molar-refractivity contribution in [2.45, 2.75) is 24.5 Å². The maximum Gasteiger partial charge on any atom is 0.330 e. The van der Waals surface area contributed by atoms with Gasteiger partial charge in [-0.2, -0.15) is 0 Å². The van der Waals surface area contributed by atoms with E-state index >= 15 is 0 Å². The molecule has 2 aromatic rings. The fourth-order valence-corrected chi connectivity index (χ4v) is 2.67. The van der Waals surface area contributed by atoms with Crippen LogP contribution < -0.4 is 16.0 Å². The number of hydrogen-bond donors (Lipinski definition) is 3. The van der Waals surface area contributed by atoms with E-state index < -0.39 is 47.3 Å². The third kappa shape index (κ3) is 3.35. The van der Waals surface area contributed by atoms with Gasteiger partial charge in [0, 0.05) is 24.4 Å². The fourth-order valence-electron chi connectivity index (χ4n) is 2.67. The summed E-state index contributed by atoms with van der Waals surface area (Å²) >= 11 is 0. The standard InChI is InChI=1S/C15H15N3O8/c19-7-10-13(25-9-3-1-8(2-4-9)18(23)24)12(21)14(26-10)17-6-5-11(20)16-15(17)22/h1-6,10,12-14,19,21H,7H2,(H,16,20,22)/t10-,12-,13-,14-/m1/s1. The van der Waals surface area contributed by atoms with Crippen LogP contribution in [0, 0.1) is 10.1 Å². The number of H-pyrrole nitrogens is 1. The number of nitro groups is 1. The summed E-state index contributed by atoms with van der Waals surface area (Å²) in [7, 11) is 0. The smallest absolute Gasteiger partial charge is 0.330 e. The largest absolute Gasteiger partial charge is 0.485 e. The summed E-state index contributed by atoms with van der Waals surface area (Å²) in [6.07, 6.45) is -3.35. The second-order valence-electron chi connectivity index (χ2n) is 5.59. The molecule has 0 saturated carbocycles. The van der Waals surface area contributed by atoms with E-state index in [1.807, 2.05) is 4.98 Å². The van der Waals surface area contributed by atoms with E-state index in [9.17, 15) is 29.9 Å². The lowest BCUT2D eigenvalue weighted by Gasteiger charge is -2.21. The highest BCUT2D eigenvalue weighted by Gasteiger charge is 2.46. The molecule has 138 valence electrons. The number of benzene rings is 1. The Bertz CT molecular complexity index is 906. The van der Waals surface area contributed by atoms with Crippen molar-refractivity contribution in [2.24, 2.45) is 0 Å². The molecule has 0 spiro atoms. The Balaban J connectivity index is 1.83. The molecule has 0 bridgehead atoms. The monoisotopic (exact) mass is 365 g/mol. The lowest BCUT2D eigenvalue weighted by Crippen LogP contribution is -2.40. The van der Waals surface area contributed by atoms with Crippen molar-refractivity contribution in [1.29, 1.82) is 0 Å². The summed E-state index contributed by atoms with van der Waals surface area (Å²) in [4.78, 5) is 35.2. The second kappa shape index (κ2) is 7.07. The predicted octanol–water partition coefficient (Wildman–Crippen LogP) is -0.857. The molecule has 1 aromatic carbocycles. The van der Waals surface area contributed by atoms with Gasteiger partial charge in [-0.15, -0.1) is 0 Å². The minimum absolute atomic E-state index is 0.128. The third-order valence-electron chi connectivity index (χ3n) is 3.93. The summed E-state index contributed by atoms with van der Waals surface area (Å²) in [5, 5.41) is 30.6. The zero-order chi connectivity index (χ0) is 18.8. The lowest BCUT2D eigenvalue weighted by molar-refractivity contribution is -0.384. The molecule has 0 unspecified atom stereocenters. The summed E-state index contributed by atoms with van der Waals surface area (Å²) in [5.41, 5.74) is -1.51. The van der Waals surface area contributed by atoms with Crippen LogP contribution in [0.15, 0.2) is 46.1 Å². The third-order valence-corrected chi connectivity index (χ3v) is 3.93. The van der Waals surface area contributed by atoms with Crippen molar-refractivity contribution in [1.82, 2.24) is 9.55 Å². The molecular weight excluding hydrogens is 350 g/mol. The molecule has 1 aliphatic heterocycles. The van der Waals surface area contributed by atoms with Gasteiger partial charge >= 0.3 is 5.69 Å². The minimum atomic E-state index is -1.34. The first kappa shape index (κ1) is 17.8. The Labute approximate surface area is 145 Å². The van der Waals surface area contributed by atoms with Gasteiger partial charge < -0.3 is 19.7 Å². The number of nitrogens with zero attached hydrogens (tertiary/aromatic N) is 2. The predicted molar refractivity (Wildman–Crippen MR) is 85.8 cm³/mol. The Morgan fingerprint density at radius 1 is 1.27 bits per heavy atom. The number of nitro benzene ring substituents is 1. The number of nitrogens with one attached hydrogen (secondary N) is 1. The number of rotatable bonds is 5. The number of non-ortho nitro benzene ring substituents is 1. The number of hydrogen-bond acceptors (Lipinski definition) is 8. The minimum Gasteiger partial charge on any atom is -0.485 e. The number of ether oxygens (including phenoxy) is 2. The van der Waals surface area contributed by atoms with Crippen molar-refractivity contribution in [2.75, 3.05) is 6.61 Å². The van der Waals surface area contributed by atoms with Gasteiger partial charge in [0.05, 0.1) is 11.5 Å². The average Bonchev–Trinajstić information content (AvgIpc) is 2.91. The molecule has 1 saturated heterocycles. The molecule has 3 rings (SSSR count). The molecule has 26 heavy (non-hydrogen) atoms. The van der Waals surface area contributed by atoms with Crippen LogP contribution >= 0.6 is 0 Å². The van der Waals surface area contributed by atoms with Crippen LogP contribution in [-0.2, 0) is 4.74 Å². The highest BCUT2D eigenvalue weighted by atomic mass is 16.6. The molecule has 11 heteroatoms. The topological polar surface area (TPSA) is 157 Å². The van der Waals surface area contributed by atoms with Gasteiger partial charge in [-0.25, -0.2) is 4.79 Å². The fraction of sp³-hybridized carbons (Fsp3) is 0.333. The first-order valence-electron chi connectivity index (χ1n) is 7.57. The van der Waals surface area contributed by atoms with E-state index in [1.165, 1.54) is 24.3 Å². The quantitative estimate of drug-likeness (QED) is 0.456. The Kier molecular flexibility index (Phi) is 4.84. The molecule has 11 nitrogen and oxygen atoms in total. The lowest BCUT2D eigenvalue weighted by atomic mass is 10.1. The van der Waals surface area contributed by atoms with Crippen molar-refractivity contribution < 1.29 is 24.6 Å². The molecule has 2 heterocycles. The molecule has 0 radical (unpaired) electrons. The summed E-state index contributed by atoms with van der Waals surface area (Å²) < 4.78 is 12.1. The van der Waals surface area contributed by atoms with Crippen molar-refractivity contribution in [3.8, 4) is 5.75 Å². The van der Waals surface area contributed by atoms with Crippen LogP contribution in [0.4, 0.5) is 5.69 Å². The van der Waals surface area contributed by atoms with Crippen LogP contribution in [0.1, 0.15) is 6.23 Å². The van der Waals surface area contributed by atoms with Crippen molar-refractivity contribution >= 4 is 5.69 Å². The van der Waals surface area contributed by atoms with Crippen LogP contribution in [0.25, 0.3) is 0 Å². The number of aromatic nitrogens is 2. The number of aliphatic hydroxyl groups is 2.